The Morgan fingerprint density at radius 1 is 1.00 bits per heavy atom. The molecule has 1 rings (SSSR count). The van der Waals surface area contributed by atoms with Crippen LogP contribution < -0.4 is 5.32 Å². The molecule has 17 heavy (non-hydrogen) atoms. The zero-order valence-electron chi connectivity index (χ0n) is 10.4. The van der Waals surface area contributed by atoms with Crippen LogP contribution >= 0.6 is 0 Å². The molecule has 6 nitrogen and oxygen atoms in total. The lowest BCUT2D eigenvalue weighted by Gasteiger charge is -2.14. The van der Waals surface area contributed by atoms with Gasteiger partial charge in [0.2, 0.25) is 0 Å². The van der Waals surface area contributed by atoms with Gasteiger partial charge in [-0.25, -0.2) is 0 Å². The van der Waals surface area contributed by atoms with E-state index in [1.165, 1.54) is 0 Å². The van der Waals surface area contributed by atoms with E-state index in [4.69, 9.17) is 18.9 Å². The van der Waals surface area contributed by atoms with Crippen LogP contribution in [-0.2, 0) is 18.9 Å². The first-order valence-electron chi connectivity index (χ1n) is 5.99. The molecule has 1 aliphatic heterocycles. The molecule has 0 aliphatic carbocycles. The Kier molecular flexibility index (Phi) is 8.50. The van der Waals surface area contributed by atoms with E-state index in [0.29, 0.717) is 52.7 Å². The maximum Gasteiger partial charge on any atom is 0.0971 e. The second-order valence-electron chi connectivity index (χ2n) is 3.85. The fourth-order valence-corrected chi connectivity index (χ4v) is 1.53. The number of β-amino-alcohol motifs (C(OH)–C–C–N with tert-alkyl or cyclic N) is 1. The summed E-state index contributed by atoms with van der Waals surface area (Å²) < 4.78 is 20.8. The highest BCUT2D eigenvalue weighted by atomic mass is 16.6. The molecule has 0 aromatic heterocycles. The molecule has 1 heterocycles. The normalized spacial score (nSPS) is 24.4. The number of methoxy groups -OCH3 is 1. The van der Waals surface area contributed by atoms with Crippen molar-refractivity contribution < 1.29 is 24.1 Å². The minimum Gasteiger partial charge on any atom is -0.389 e. The second-order valence-corrected chi connectivity index (χ2v) is 3.85. The Morgan fingerprint density at radius 3 is 2.24 bits per heavy atom. The number of aliphatic hydroxyl groups is 1. The first-order valence-corrected chi connectivity index (χ1v) is 5.99. The fraction of sp³-hybridized carbons (Fsp3) is 1.00. The summed E-state index contributed by atoms with van der Waals surface area (Å²) in [6.07, 6.45) is -0.496. The Balaban J connectivity index is 1.78. The van der Waals surface area contributed by atoms with Gasteiger partial charge in [-0.15, -0.1) is 0 Å². The van der Waals surface area contributed by atoms with E-state index in [9.17, 15) is 5.11 Å². The van der Waals surface area contributed by atoms with Crippen molar-refractivity contribution in [3.8, 4) is 0 Å². The molecule has 1 aliphatic rings. The van der Waals surface area contributed by atoms with Crippen molar-refractivity contribution in [1.29, 1.82) is 0 Å². The third kappa shape index (κ3) is 6.92. The van der Waals surface area contributed by atoms with Gasteiger partial charge in [0.05, 0.1) is 51.8 Å². The van der Waals surface area contributed by atoms with E-state index in [-0.39, 0.29) is 6.10 Å². The van der Waals surface area contributed by atoms with Gasteiger partial charge in [-0.05, 0) is 0 Å². The summed E-state index contributed by atoms with van der Waals surface area (Å²) in [5.74, 6) is 0. The summed E-state index contributed by atoms with van der Waals surface area (Å²) in [6, 6.07) is 0. The number of rotatable bonds is 10. The topological polar surface area (TPSA) is 69.2 Å². The Labute approximate surface area is 102 Å². The van der Waals surface area contributed by atoms with Crippen molar-refractivity contribution in [2.24, 2.45) is 0 Å². The summed E-state index contributed by atoms with van der Waals surface area (Å²) in [4.78, 5) is 0. The Hall–Kier alpha value is -0.240. The first-order chi connectivity index (χ1) is 8.34. The van der Waals surface area contributed by atoms with Crippen LogP contribution in [0.25, 0.3) is 0 Å². The summed E-state index contributed by atoms with van der Waals surface area (Å²) in [5, 5.41) is 12.5. The van der Waals surface area contributed by atoms with Crippen molar-refractivity contribution in [3.05, 3.63) is 0 Å². The molecule has 0 aromatic carbocycles. The lowest BCUT2D eigenvalue weighted by molar-refractivity contribution is -0.0412. The van der Waals surface area contributed by atoms with Crippen molar-refractivity contribution in [2.75, 3.05) is 59.8 Å². The van der Waals surface area contributed by atoms with E-state index in [1.54, 1.807) is 7.11 Å². The summed E-state index contributed by atoms with van der Waals surface area (Å²) in [5.41, 5.74) is 0. The molecule has 1 saturated heterocycles. The minimum absolute atomic E-state index is 0.100. The fourth-order valence-electron chi connectivity index (χ4n) is 1.53. The molecule has 1 fully saturated rings. The summed E-state index contributed by atoms with van der Waals surface area (Å²) in [6.45, 7) is 4.67. The van der Waals surface area contributed by atoms with Gasteiger partial charge in [0.1, 0.15) is 0 Å². The molecule has 0 amide bonds. The minimum atomic E-state index is -0.396. The number of ether oxygens (including phenoxy) is 4. The van der Waals surface area contributed by atoms with Crippen molar-refractivity contribution in [2.45, 2.75) is 12.2 Å². The van der Waals surface area contributed by atoms with Crippen LogP contribution in [0.4, 0.5) is 0 Å². The molecule has 0 radical (unpaired) electrons. The summed E-state index contributed by atoms with van der Waals surface area (Å²) in [7, 11) is 1.64. The van der Waals surface area contributed by atoms with Gasteiger partial charge < -0.3 is 29.4 Å². The van der Waals surface area contributed by atoms with Gasteiger partial charge in [-0.3, -0.25) is 0 Å². The smallest absolute Gasteiger partial charge is 0.0971 e. The first kappa shape index (κ1) is 14.8. The molecule has 2 atom stereocenters. The van der Waals surface area contributed by atoms with Crippen LogP contribution in [0.3, 0.4) is 0 Å². The van der Waals surface area contributed by atoms with Crippen LogP contribution in [-0.4, -0.2) is 77.2 Å². The SMILES string of the molecule is COCCOCCOCCOC1CNCC1O. The monoisotopic (exact) mass is 249 g/mol. The molecule has 0 spiro atoms. The average Bonchev–Trinajstić information content (AvgIpc) is 2.73. The predicted molar refractivity (Wildman–Crippen MR) is 62.1 cm³/mol. The maximum absolute atomic E-state index is 9.45. The average molecular weight is 249 g/mol. The van der Waals surface area contributed by atoms with E-state index in [1.807, 2.05) is 0 Å². The lowest BCUT2D eigenvalue weighted by Crippen LogP contribution is -2.28. The molecular weight excluding hydrogens is 226 g/mol. The van der Waals surface area contributed by atoms with E-state index in [2.05, 4.69) is 5.32 Å². The van der Waals surface area contributed by atoms with Crippen molar-refractivity contribution >= 4 is 0 Å². The number of aliphatic hydroxyl groups excluding tert-OH is 1. The highest BCUT2D eigenvalue weighted by Gasteiger charge is 2.24. The van der Waals surface area contributed by atoms with Crippen LogP contribution in [0.2, 0.25) is 0 Å². The van der Waals surface area contributed by atoms with E-state index >= 15 is 0 Å². The van der Waals surface area contributed by atoms with Gasteiger partial charge >= 0.3 is 0 Å². The highest BCUT2D eigenvalue weighted by Crippen LogP contribution is 2.03. The molecule has 0 saturated carbocycles. The molecule has 0 aromatic rings. The van der Waals surface area contributed by atoms with Crippen LogP contribution in [0.1, 0.15) is 0 Å². The van der Waals surface area contributed by atoms with Gasteiger partial charge in [0.25, 0.3) is 0 Å². The Morgan fingerprint density at radius 2 is 1.65 bits per heavy atom. The van der Waals surface area contributed by atoms with Crippen LogP contribution in [0.15, 0.2) is 0 Å². The molecule has 2 unspecified atom stereocenters. The quantitative estimate of drug-likeness (QED) is 0.485. The molecule has 0 bridgehead atoms. The third-order valence-electron chi connectivity index (χ3n) is 2.49. The highest BCUT2D eigenvalue weighted by molar-refractivity contribution is 4.80. The number of hydrogen-bond acceptors (Lipinski definition) is 6. The standard InChI is InChI=1S/C11H23NO5/c1-14-2-3-15-4-5-16-6-7-17-11-9-12-8-10(11)13/h10-13H,2-9H2,1H3. The van der Waals surface area contributed by atoms with Gasteiger partial charge in [-0.2, -0.15) is 0 Å². The lowest BCUT2D eigenvalue weighted by atomic mass is 10.3. The predicted octanol–water partition coefficient (Wildman–Crippen LogP) is -0.985. The van der Waals surface area contributed by atoms with E-state index < -0.39 is 6.10 Å². The van der Waals surface area contributed by atoms with Crippen molar-refractivity contribution in [3.63, 3.8) is 0 Å². The van der Waals surface area contributed by atoms with Gasteiger partial charge in [0.15, 0.2) is 0 Å². The molecule has 2 N–H and O–H groups in total. The largest absolute Gasteiger partial charge is 0.389 e. The maximum atomic E-state index is 9.45. The van der Waals surface area contributed by atoms with E-state index in [0.717, 1.165) is 0 Å². The van der Waals surface area contributed by atoms with Gasteiger partial charge in [-0.1, -0.05) is 0 Å². The van der Waals surface area contributed by atoms with Gasteiger partial charge in [0, 0.05) is 20.2 Å². The zero-order valence-corrected chi connectivity index (χ0v) is 10.4. The second kappa shape index (κ2) is 9.76. The number of hydrogen-bond donors (Lipinski definition) is 2. The third-order valence-corrected chi connectivity index (χ3v) is 2.49. The summed E-state index contributed by atoms with van der Waals surface area (Å²) >= 11 is 0. The zero-order chi connectivity index (χ0) is 12.3. The molecule has 102 valence electrons. The number of nitrogens with one attached hydrogen (secondary N) is 1. The Bertz CT molecular complexity index is 181. The van der Waals surface area contributed by atoms with Crippen LogP contribution in [0, 0.1) is 0 Å². The van der Waals surface area contributed by atoms with Crippen molar-refractivity contribution in [1.82, 2.24) is 5.32 Å². The van der Waals surface area contributed by atoms with Crippen LogP contribution in [0.5, 0.6) is 0 Å². The molecule has 6 heteroatoms. The molecular formula is C11H23NO5.